The molecule has 0 atom stereocenters. The Bertz CT molecular complexity index is 776. The highest BCUT2D eigenvalue weighted by molar-refractivity contribution is 5.90. The molecule has 0 bridgehead atoms. The Morgan fingerprint density at radius 1 is 0.929 bits per heavy atom. The second kappa shape index (κ2) is 9.85. The molecule has 2 N–H and O–H groups in total. The van der Waals surface area contributed by atoms with E-state index in [0.717, 1.165) is 44.2 Å². The highest BCUT2D eigenvalue weighted by Crippen LogP contribution is 2.28. The number of piperazine rings is 1. The van der Waals surface area contributed by atoms with E-state index in [9.17, 15) is 4.79 Å². The van der Waals surface area contributed by atoms with Crippen molar-refractivity contribution in [3.8, 4) is 11.5 Å². The molecule has 2 amide bonds. The molecule has 0 unspecified atom stereocenters. The van der Waals surface area contributed by atoms with Gasteiger partial charge in [-0.05, 0) is 24.3 Å². The van der Waals surface area contributed by atoms with Gasteiger partial charge in [-0.3, -0.25) is 4.90 Å². The summed E-state index contributed by atoms with van der Waals surface area (Å²) in [5.41, 5.74) is 1.80. The second-order valence-corrected chi connectivity index (χ2v) is 6.58. The molecule has 3 rings (SSSR count). The zero-order chi connectivity index (χ0) is 19.8. The van der Waals surface area contributed by atoms with Crippen LogP contribution in [0.5, 0.6) is 11.5 Å². The lowest BCUT2D eigenvalue weighted by atomic mass is 10.2. The molecule has 28 heavy (non-hydrogen) atoms. The number of ether oxygens (including phenoxy) is 2. The maximum Gasteiger partial charge on any atom is 0.319 e. The summed E-state index contributed by atoms with van der Waals surface area (Å²) in [4.78, 5) is 16.8. The second-order valence-electron chi connectivity index (χ2n) is 6.58. The number of para-hydroxylation sites is 4. The fraction of sp³-hybridized carbons (Fsp3) is 0.381. The molecule has 0 aromatic heterocycles. The third-order valence-corrected chi connectivity index (χ3v) is 4.87. The van der Waals surface area contributed by atoms with Crippen LogP contribution in [0.1, 0.15) is 0 Å². The van der Waals surface area contributed by atoms with Crippen LogP contribution >= 0.6 is 0 Å². The molecule has 0 saturated carbocycles. The first-order valence-electron chi connectivity index (χ1n) is 9.49. The predicted octanol–water partition coefficient (Wildman–Crippen LogP) is 2.65. The van der Waals surface area contributed by atoms with E-state index < -0.39 is 0 Å². The van der Waals surface area contributed by atoms with Gasteiger partial charge in [0.05, 0.1) is 25.6 Å². The molecular weight excluding hydrogens is 356 g/mol. The van der Waals surface area contributed by atoms with E-state index in [4.69, 9.17) is 9.47 Å². The summed E-state index contributed by atoms with van der Waals surface area (Å²) in [5, 5.41) is 5.73. The molecule has 2 aromatic rings. The number of hydrogen-bond acceptors (Lipinski definition) is 5. The number of nitrogens with zero attached hydrogens (tertiary/aromatic N) is 2. The minimum absolute atomic E-state index is 0.225. The van der Waals surface area contributed by atoms with Crippen molar-refractivity contribution in [3.63, 3.8) is 0 Å². The molecule has 1 aliphatic rings. The highest BCUT2D eigenvalue weighted by atomic mass is 16.5. The van der Waals surface area contributed by atoms with Gasteiger partial charge >= 0.3 is 6.03 Å². The Morgan fingerprint density at radius 3 is 2.29 bits per heavy atom. The van der Waals surface area contributed by atoms with Gasteiger partial charge in [-0.2, -0.15) is 0 Å². The largest absolute Gasteiger partial charge is 0.495 e. The standard InChI is InChI=1S/C21H28N4O3/c1-27-19-9-5-3-7-17(19)23-21(26)22-11-12-24-13-15-25(16-14-24)18-8-4-6-10-20(18)28-2/h3-10H,11-16H2,1-2H3,(H2,22,23,26). The SMILES string of the molecule is COc1ccccc1NC(=O)NCCN1CCN(c2ccccc2OC)CC1. The van der Waals surface area contributed by atoms with Gasteiger partial charge in [0.15, 0.2) is 0 Å². The predicted molar refractivity (Wildman–Crippen MR) is 112 cm³/mol. The number of hydrogen-bond donors (Lipinski definition) is 2. The van der Waals surface area contributed by atoms with Crippen LogP contribution in [-0.2, 0) is 0 Å². The summed E-state index contributed by atoms with van der Waals surface area (Å²) in [6.07, 6.45) is 0. The summed E-state index contributed by atoms with van der Waals surface area (Å²) in [6, 6.07) is 15.2. The van der Waals surface area contributed by atoms with Gasteiger partial charge in [-0.1, -0.05) is 24.3 Å². The third-order valence-electron chi connectivity index (χ3n) is 4.87. The lowest BCUT2D eigenvalue weighted by Crippen LogP contribution is -2.48. The average Bonchev–Trinajstić information content (AvgIpc) is 2.74. The molecule has 1 fully saturated rings. The molecule has 0 radical (unpaired) electrons. The van der Waals surface area contributed by atoms with Crippen molar-refractivity contribution in [2.24, 2.45) is 0 Å². The van der Waals surface area contributed by atoms with E-state index in [1.807, 2.05) is 42.5 Å². The van der Waals surface area contributed by atoms with Gasteiger partial charge in [-0.15, -0.1) is 0 Å². The number of anilines is 2. The van der Waals surface area contributed by atoms with Crippen molar-refractivity contribution in [2.75, 3.05) is 63.7 Å². The maximum absolute atomic E-state index is 12.1. The Labute approximate surface area is 166 Å². The number of carbonyl (C=O) groups excluding carboxylic acids is 1. The fourth-order valence-electron chi connectivity index (χ4n) is 3.35. The zero-order valence-corrected chi connectivity index (χ0v) is 16.5. The van der Waals surface area contributed by atoms with Crippen LogP contribution in [0.2, 0.25) is 0 Å². The maximum atomic E-state index is 12.1. The smallest absolute Gasteiger partial charge is 0.319 e. The van der Waals surface area contributed by atoms with Crippen LogP contribution in [0, 0.1) is 0 Å². The Kier molecular flexibility index (Phi) is 6.97. The minimum atomic E-state index is -0.225. The third kappa shape index (κ3) is 5.07. The topological polar surface area (TPSA) is 66.1 Å². The molecule has 2 aromatic carbocycles. The number of carbonyl (C=O) groups is 1. The summed E-state index contributed by atoms with van der Waals surface area (Å²) < 4.78 is 10.7. The van der Waals surface area contributed by atoms with Crippen LogP contribution in [0.3, 0.4) is 0 Å². The van der Waals surface area contributed by atoms with Gasteiger partial charge in [0.1, 0.15) is 11.5 Å². The van der Waals surface area contributed by atoms with Gasteiger partial charge in [0.2, 0.25) is 0 Å². The van der Waals surface area contributed by atoms with Gasteiger partial charge in [-0.25, -0.2) is 4.79 Å². The number of nitrogens with one attached hydrogen (secondary N) is 2. The fourth-order valence-corrected chi connectivity index (χ4v) is 3.35. The molecular formula is C21H28N4O3. The first kappa shape index (κ1) is 19.8. The van der Waals surface area contributed by atoms with E-state index in [1.54, 1.807) is 14.2 Å². The lowest BCUT2D eigenvalue weighted by molar-refractivity contribution is 0.240. The number of benzene rings is 2. The first-order chi connectivity index (χ1) is 13.7. The van der Waals surface area contributed by atoms with Crippen LogP contribution < -0.4 is 25.0 Å². The highest BCUT2D eigenvalue weighted by Gasteiger charge is 2.19. The summed E-state index contributed by atoms with van der Waals surface area (Å²) >= 11 is 0. The van der Waals surface area contributed by atoms with Crippen molar-refractivity contribution in [1.82, 2.24) is 10.2 Å². The normalized spacial score (nSPS) is 14.4. The van der Waals surface area contributed by atoms with Crippen molar-refractivity contribution >= 4 is 17.4 Å². The van der Waals surface area contributed by atoms with Gasteiger partial charge in [0, 0.05) is 39.3 Å². The Hall–Kier alpha value is -2.93. The summed E-state index contributed by atoms with van der Waals surface area (Å²) in [5.74, 6) is 1.55. The average molecular weight is 384 g/mol. The molecule has 0 aliphatic carbocycles. The van der Waals surface area contributed by atoms with Crippen LogP contribution in [0.4, 0.5) is 16.2 Å². The molecule has 1 heterocycles. The lowest BCUT2D eigenvalue weighted by Gasteiger charge is -2.36. The van der Waals surface area contributed by atoms with Gasteiger partial charge in [0.25, 0.3) is 0 Å². The van der Waals surface area contributed by atoms with Crippen molar-refractivity contribution in [1.29, 1.82) is 0 Å². The number of methoxy groups -OCH3 is 2. The van der Waals surface area contributed by atoms with Crippen LogP contribution in [-0.4, -0.2) is 64.4 Å². The molecule has 7 heteroatoms. The van der Waals surface area contributed by atoms with Crippen molar-refractivity contribution < 1.29 is 14.3 Å². The van der Waals surface area contributed by atoms with Crippen molar-refractivity contribution in [2.45, 2.75) is 0 Å². The molecule has 7 nitrogen and oxygen atoms in total. The molecule has 1 aliphatic heterocycles. The summed E-state index contributed by atoms with van der Waals surface area (Å²) in [6.45, 7) is 5.19. The molecule has 150 valence electrons. The van der Waals surface area contributed by atoms with E-state index in [2.05, 4.69) is 26.5 Å². The van der Waals surface area contributed by atoms with E-state index in [-0.39, 0.29) is 6.03 Å². The number of amides is 2. The van der Waals surface area contributed by atoms with Crippen molar-refractivity contribution in [3.05, 3.63) is 48.5 Å². The Morgan fingerprint density at radius 2 is 1.57 bits per heavy atom. The minimum Gasteiger partial charge on any atom is -0.495 e. The van der Waals surface area contributed by atoms with Gasteiger partial charge < -0.3 is 25.0 Å². The first-order valence-corrected chi connectivity index (χ1v) is 9.49. The zero-order valence-electron chi connectivity index (χ0n) is 16.5. The number of urea groups is 1. The number of rotatable bonds is 7. The quantitative estimate of drug-likeness (QED) is 0.768. The van der Waals surface area contributed by atoms with E-state index >= 15 is 0 Å². The molecule has 1 saturated heterocycles. The van der Waals surface area contributed by atoms with E-state index in [0.29, 0.717) is 18.0 Å². The van der Waals surface area contributed by atoms with E-state index in [1.165, 1.54) is 0 Å². The molecule has 0 spiro atoms. The van der Waals surface area contributed by atoms with Crippen LogP contribution in [0.15, 0.2) is 48.5 Å². The summed E-state index contributed by atoms with van der Waals surface area (Å²) in [7, 11) is 3.29. The van der Waals surface area contributed by atoms with Crippen LogP contribution in [0.25, 0.3) is 0 Å². The monoisotopic (exact) mass is 384 g/mol. The Balaban J connectivity index is 1.40.